The standard InChI is InChI=1S/C21H22N2O2/c1-14-6-5-7-15(2)20(14)23-19(24)12-18(21(23)25)22-11-10-16-8-3-4-9-17(16)13-22/h3-9,18H,10-13H2,1-2H3/t18-/m1/s1. The van der Waals surface area contributed by atoms with E-state index in [1.54, 1.807) is 0 Å². The number of nitrogens with zero attached hydrogens (tertiary/aromatic N) is 2. The lowest BCUT2D eigenvalue weighted by Crippen LogP contribution is -2.44. The molecule has 4 heteroatoms. The molecule has 0 saturated carbocycles. The number of carbonyl (C=O) groups excluding carboxylic acids is 2. The van der Waals surface area contributed by atoms with Gasteiger partial charge in [-0.05, 0) is 42.5 Å². The number of carbonyl (C=O) groups is 2. The van der Waals surface area contributed by atoms with Gasteiger partial charge in [0.15, 0.2) is 0 Å². The van der Waals surface area contributed by atoms with Crippen molar-refractivity contribution >= 4 is 17.5 Å². The minimum Gasteiger partial charge on any atom is -0.287 e. The fourth-order valence-electron chi connectivity index (χ4n) is 4.08. The summed E-state index contributed by atoms with van der Waals surface area (Å²) in [5, 5.41) is 0. The number of fused-ring (bicyclic) bond motifs is 1. The van der Waals surface area contributed by atoms with Crippen LogP contribution in [0.3, 0.4) is 0 Å². The van der Waals surface area contributed by atoms with Gasteiger partial charge in [0.05, 0.1) is 18.2 Å². The molecule has 4 nitrogen and oxygen atoms in total. The Kier molecular flexibility index (Phi) is 3.92. The van der Waals surface area contributed by atoms with Crippen molar-refractivity contribution in [1.29, 1.82) is 0 Å². The van der Waals surface area contributed by atoms with Gasteiger partial charge in [-0.1, -0.05) is 42.5 Å². The van der Waals surface area contributed by atoms with E-state index in [-0.39, 0.29) is 24.3 Å². The first-order valence-electron chi connectivity index (χ1n) is 8.80. The maximum Gasteiger partial charge on any atom is 0.251 e. The molecule has 0 unspecified atom stereocenters. The van der Waals surface area contributed by atoms with Crippen LogP contribution in [-0.4, -0.2) is 29.3 Å². The van der Waals surface area contributed by atoms with Crippen LogP contribution in [0, 0.1) is 13.8 Å². The third kappa shape index (κ3) is 2.67. The van der Waals surface area contributed by atoms with E-state index in [0.717, 1.165) is 36.3 Å². The number of amides is 2. The number of anilines is 1. The molecule has 0 aliphatic carbocycles. The summed E-state index contributed by atoms with van der Waals surface area (Å²) in [4.78, 5) is 29.3. The van der Waals surface area contributed by atoms with E-state index in [1.165, 1.54) is 16.0 Å². The maximum atomic E-state index is 13.1. The Morgan fingerprint density at radius 2 is 1.60 bits per heavy atom. The average molecular weight is 334 g/mol. The summed E-state index contributed by atoms with van der Waals surface area (Å²) in [6.45, 7) is 5.46. The minimum absolute atomic E-state index is 0.0817. The zero-order valence-electron chi connectivity index (χ0n) is 14.7. The monoisotopic (exact) mass is 334 g/mol. The van der Waals surface area contributed by atoms with Gasteiger partial charge in [-0.3, -0.25) is 14.5 Å². The Labute approximate surface area is 148 Å². The Bertz CT molecular complexity index is 838. The Morgan fingerprint density at radius 3 is 2.32 bits per heavy atom. The highest BCUT2D eigenvalue weighted by molar-refractivity contribution is 6.23. The number of hydrogen-bond donors (Lipinski definition) is 0. The van der Waals surface area contributed by atoms with Crippen molar-refractivity contribution in [3.63, 3.8) is 0 Å². The topological polar surface area (TPSA) is 40.6 Å². The summed E-state index contributed by atoms with van der Waals surface area (Å²) in [7, 11) is 0. The molecule has 1 atom stereocenters. The van der Waals surface area contributed by atoms with E-state index < -0.39 is 0 Å². The summed E-state index contributed by atoms with van der Waals surface area (Å²) in [5.41, 5.74) is 5.30. The van der Waals surface area contributed by atoms with Crippen molar-refractivity contribution in [3.05, 3.63) is 64.7 Å². The Balaban J connectivity index is 1.62. The first kappa shape index (κ1) is 16.0. The fraction of sp³-hybridized carbons (Fsp3) is 0.333. The molecule has 2 aromatic rings. The second kappa shape index (κ2) is 6.12. The van der Waals surface area contributed by atoms with Gasteiger partial charge < -0.3 is 0 Å². The number of para-hydroxylation sites is 1. The number of imide groups is 1. The van der Waals surface area contributed by atoms with Crippen molar-refractivity contribution in [3.8, 4) is 0 Å². The first-order chi connectivity index (χ1) is 12.1. The number of benzene rings is 2. The molecule has 1 fully saturated rings. The predicted octanol–water partition coefficient (Wildman–Crippen LogP) is 2.99. The van der Waals surface area contributed by atoms with E-state index in [1.807, 2.05) is 38.1 Å². The lowest BCUT2D eigenvalue weighted by molar-refractivity contribution is -0.123. The zero-order valence-corrected chi connectivity index (χ0v) is 14.7. The van der Waals surface area contributed by atoms with E-state index >= 15 is 0 Å². The van der Waals surface area contributed by atoms with Crippen molar-refractivity contribution in [2.75, 3.05) is 11.4 Å². The van der Waals surface area contributed by atoms with Crippen molar-refractivity contribution in [2.45, 2.75) is 39.3 Å². The van der Waals surface area contributed by atoms with Gasteiger partial charge in [-0.25, -0.2) is 4.90 Å². The van der Waals surface area contributed by atoms with Crippen LogP contribution < -0.4 is 4.90 Å². The zero-order chi connectivity index (χ0) is 17.6. The molecule has 2 heterocycles. The fourth-order valence-corrected chi connectivity index (χ4v) is 4.08. The number of aryl methyl sites for hydroxylation is 2. The van der Waals surface area contributed by atoms with Gasteiger partial charge in [-0.15, -0.1) is 0 Å². The lowest BCUT2D eigenvalue weighted by Gasteiger charge is -2.32. The van der Waals surface area contributed by atoms with Crippen LogP contribution in [0.4, 0.5) is 5.69 Å². The highest BCUT2D eigenvalue weighted by Gasteiger charge is 2.44. The van der Waals surface area contributed by atoms with Crippen LogP contribution in [0.5, 0.6) is 0 Å². The second-order valence-electron chi connectivity index (χ2n) is 7.02. The van der Waals surface area contributed by atoms with Gasteiger partial charge >= 0.3 is 0 Å². The summed E-state index contributed by atoms with van der Waals surface area (Å²) in [5.74, 6) is -0.173. The van der Waals surface area contributed by atoms with Gasteiger partial charge in [0.2, 0.25) is 5.91 Å². The smallest absolute Gasteiger partial charge is 0.251 e. The van der Waals surface area contributed by atoms with Crippen LogP contribution in [0.25, 0.3) is 0 Å². The third-order valence-corrected chi connectivity index (χ3v) is 5.39. The Morgan fingerprint density at radius 1 is 0.920 bits per heavy atom. The molecular formula is C21H22N2O2. The molecule has 0 bridgehead atoms. The molecule has 0 N–H and O–H groups in total. The van der Waals surface area contributed by atoms with Gasteiger partial charge in [0.25, 0.3) is 5.91 Å². The minimum atomic E-state index is -0.347. The molecule has 2 aliphatic rings. The molecule has 2 amide bonds. The van der Waals surface area contributed by atoms with Gasteiger partial charge in [-0.2, -0.15) is 0 Å². The third-order valence-electron chi connectivity index (χ3n) is 5.39. The van der Waals surface area contributed by atoms with Gasteiger partial charge in [0, 0.05) is 13.1 Å². The van der Waals surface area contributed by atoms with E-state index in [0.29, 0.717) is 0 Å². The first-order valence-corrected chi connectivity index (χ1v) is 8.80. The molecule has 0 aromatic heterocycles. The molecule has 0 radical (unpaired) electrons. The molecule has 4 rings (SSSR count). The molecule has 2 aliphatic heterocycles. The molecule has 128 valence electrons. The van der Waals surface area contributed by atoms with Crippen molar-refractivity contribution in [2.24, 2.45) is 0 Å². The van der Waals surface area contributed by atoms with E-state index in [4.69, 9.17) is 0 Å². The molecular weight excluding hydrogens is 312 g/mol. The predicted molar refractivity (Wildman–Crippen MR) is 97.4 cm³/mol. The SMILES string of the molecule is Cc1cccc(C)c1N1C(=O)C[C@@H](N2CCc3ccccc3C2)C1=O. The molecule has 25 heavy (non-hydrogen) atoms. The van der Waals surface area contributed by atoms with Crippen molar-refractivity contribution < 1.29 is 9.59 Å². The Hall–Kier alpha value is -2.46. The largest absolute Gasteiger partial charge is 0.287 e. The van der Waals surface area contributed by atoms with Crippen LogP contribution in [0.1, 0.15) is 28.7 Å². The summed E-state index contributed by atoms with van der Waals surface area (Å²) in [6, 6.07) is 13.9. The highest BCUT2D eigenvalue weighted by atomic mass is 16.2. The lowest BCUT2D eigenvalue weighted by atomic mass is 9.98. The summed E-state index contributed by atoms with van der Waals surface area (Å²) >= 11 is 0. The average Bonchev–Trinajstić information content (AvgIpc) is 2.90. The van der Waals surface area contributed by atoms with Gasteiger partial charge in [0.1, 0.15) is 0 Å². The van der Waals surface area contributed by atoms with E-state index in [9.17, 15) is 9.59 Å². The number of hydrogen-bond acceptors (Lipinski definition) is 3. The van der Waals surface area contributed by atoms with Crippen LogP contribution in [0.15, 0.2) is 42.5 Å². The van der Waals surface area contributed by atoms with Crippen molar-refractivity contribution in [1.82, 2.24) is 4.90 Å². The molecule has 0 spiro atoms. The summed E-state index contributed by atoms with van der Waals surface area (Å²) in [6.07, 6.45) is 1.20. The maximum absolute atomic E-state index is 13.1. The van der Waals surface area contributed by atoms with Crippen LogP contribution in [0.2, 0.25) is 0 Å². The molecule has 1 saturated heterocycles. The normalized spacial score (nSPS) is 20.9. The molecule has 2 aromatic carbocycles. The van der Waals surface area contributed by atoms with Crippen LogP contribution >= 0.6 is 0 Å². The van der Waals surface area contributed by atoms with E-state index in [2.05, 4.69) is 23.1 Å². The summed E-state index contributed by atoms with van der Waals surface area (Å²) < 4.78 is 0. The number of rotatable bonds is 2. The quantitative estimate of drug-likeness (QED) is 0.793. The van der Waals surface area contributed by atoms with Crippen LogP contribution in [-0.2, 0) is 22.6 Å². The highest BCUT2D eigenvalue weighted by Crippen LogP contribution is 2.32. The second-order valence-corrected chi connectivity index (χ2v) is 7.02.